The van der Waals surface area contributed by atoms with Gasteiger partial charge in [-0.3, -0.25) is 4.79 Å². The summed E-state index contributed by atoms with van der Waals surface area (Å²) in [6, 6.07) is 6.78. The predicted molar refractivity (Wildman–Crippen MR) is 91.1 cm³/mol. The van der Waals surface area contributed by atoms with E-state index < -0.39 is 0 Å². The molecule has 0 saturated carbocycles. The lowest BCUT2D eigenvalue weighted by Crippen LogP contribution is -2.41. The first kappa shape index (κ1) is 19.9. The zero-order valence-electron chi connectivity index (χ0n) is 13.5. The standard InChI is InChI=1S/C17H25FN2O2.ClH/c1-22-16(12-19)11-17(21)20-7-5-13(6-8-20)9-14-3-2-4-15(18)10-14;/h2-4,10,13,16H,5-9,11-12,19H2,1H3;1H. The lowest BCUT2D eigenvalue weighted by Gasteiger charge is -2.33. The van der Waals surface area contributed by atoms with Crippen molar-refractivity contribution in [2.75, 3.05) is 26.7 Å². The van der Waals surface area contributed by atoms with Gasteiger partial charge in [-0.25, -0.2) is 4.39 Å². The van der Waals surface area contributed by atoms with Gasteiger partial charge in [-0.1, -0.05) is 12.1 Å². The van der Waals surface area contributed by atoms with Gasteiger partial charge in [0.1, 0.15) is 5.82 Å². The third-order valence-electron chi connectivity index (χ3n) is 4.38. The third-order valence-corrected chi connectivity index (χ3v) is 4.38. The number of likely N-dealkylation sites (tertiary alicyclic amines) is 1. The Bertz CT molecular complexity index is 489. The Kier molecular flexibility index (Phi) is 8.52. The van der Waals surface area contributed by atoms with Gasteiger partial charge in [0.2, 0.25) is 5.91 Å². The van der Waals surface area contributed by atoms with Crippen LogP contribution in [0.25, 0.3) is 0 Å². The van der Waals surface area contributed by atoms with Gasteiger partial charge in [0, 0.05) is 26.7 Å². The number of hydrogen-bond donors (Lipinski definition) is 1. The summed E-state index contributed by atoms with van der Waals surface area (Å²) < 4.78 is 18.4. The van der Waals surface area contributed by atoms with E-state index in [-0.39, 0.29) is 30.2 Å². The third kappa shape index (κ3) is 6.09. The number of piperidine rings is 1. The van der Waals surface area contributed by atoms with Crippen LogP contribution < -0.4 is 5.73 Å². The van der Waals surface area contributed by atoms with Crippen molar-refractivity contribution in [3.05, 3.63) is 35.6 Å². The molecule has 0 aromatic heterocycles. The normalized spacial score (nSPS) is 16.7. The molecule has 1 unspecified atom stereocenters. The number of hydrogen-bond acceptors (Lipinski definition) is 3. The monoisotopic (exact) mass is 344 g/mol. The maximum absolute atomic E-state index is 13.2. The molecule has 23 heavy (non-hydrogen) atoms. The Morgan fingerprint density at radius 3 is 2.70 bits per heavy atom. The van der Waals surface area contributed by atoms with E-state index in [1.807, 2.05) is 11.0 Å². The van der Waals surface area contributed by atoms with Gasteiger partial charge in [-0.15, -0.1) is 12.4 Å². The van der Waals surface area contributed by atoms with Gasteiger partial charge < -0.3 is 15.4 Å². The van der Waals surface area contributed by atoms with Gasteiger partial charge in [-0.05, 0) is 42.9 Å². The van der Waals surface area contributed by atoms with E-state index in [1.54, 1.807) is 19.2 Å². The largest absolute Gasteiger partial charge is 0.380 e. The number of nitrogens with zero attached hydrogens (tertiary/aromatic N) is 1. The molecule has 4 nitrogen and oxygen atoms in total. The lowest BCUT2D eigenvalue weighted by molar-refractivity contribution is -0.135. The number of nitrogens with two attached hydrogens (primary N) is 1. The van der Waals surface area contributed by atoms with E-state index in [0.717, 1.165) is 37.9 Å². The minimum atomic E-state index is -0.197. The fraction of sp³-hybridized carbons (Fsp3) is 0.588. The number of methoxy groups -OCH3 is 1. The molecule has 1 heterocycles. The summed E-state index contributed by atoms with van der Waals surface area (Å²) in [6.45, 7) is 1.89. The zero-order chi connectivity index (χ0) is 15.9. The second kappa shape index (κ2) is 9.85. The molecule has 1 fully saturated rings. The molecule has 1 aliphatic heterocycles. The van der Waals surface area contributed by atoms with E-state index in [0.29, 0.717) is 18.9 Å². The van der Waals surface area contributed by atoms with Crippen molar-refractivity contribution in [1.29, 1.82) is 0 Å². The fourth-order valence-corrected chi connectivity index (χ4v) is 2.97. The molecule has 1 atom stereocenters. The smallest absolute Gasteiger partial charge is 0.225 e. The highest BCUT2D eigenvalue weighted by molar-refractivity contribution is 5.85. The second-order valence-corrected chi connectivity index (χ2v) is 5.96. The van der Waals surface area contributed by atoms with Crippen LogP contribution in [0.5, 0.6) is 0 Å². The van der Waals surface area contributed by atoms with Gasteiger partial charge in [0.15, 0.2) is 0 Å². The van der Waals surface area contributed by atoms with E-state index >= 15 is 0 Å². The molecule has 1 aromatic rings. The molecular weight excluding hydrogens is 319 g/mol. The summed E-state index contributed by atoms with van der Waals surface area (Å²) in [5.74, 6) is 0.442. The minimum Gasteiger partial charge on any atom is -0.380 e. The topological polar surface area (TPSA) is 55.6 Å². The van der Waals surface area contributed by atoms with Gasteiger partial charge >= 0.3 is 0 Å². The van der Waals surface area contributed by atoms with Crippen LogP contribution in [0, 0.1) is 11.7 Å². The zero-order valence-corrected chi connectivity index (χ0v) is 14.4. The molecule has 6 heteroatoms. The molecule has 0 aliphatic carbocycles. The van der Waals surface area contributed by atoms with Crippen LogP contribution in [0.1, 0.15) is 24.8 Å². The highest BCUT2D eigenvalue weighted by Gasteiger charge is 2.24. The predicted octanol–water partition coefficient (Wildman–Crippen LogP) is 2.39. The van der Waals surface area contributed by atoms with Gasteiger partial charge in [0.25, 0.3) is 0 Å². The van der Waals surface area contributed by atoms with Crippen LogP contribution in [0.4, 0.5) is 4.39 Å². The molecule has 0 radical (unpaired) electrons. The summed E-state index contributed by atoms with van der Waals surface area (Å²) in [7, 11) is 1.58. The number of halogens is 2. The van der Waals surface area contributed by atoms with Crippen molar-refractivity contribution in [2.24, 2.45) is 11.7 Å². The van der Waals surface area contributed by atoms with Crippen molar-refractivity contribution in [3.8, 4) is 0 Å². The van der Waals surface area contributed by atoms with Crippen LogP contribution in [0.3, 0.4) is 0 Å². The number of carbonyl (C=O) groups is 1. The van der Waals surface area contributed by atoms with Crippen molar-refractivity contribution in [1.82, 2.24) is 4.90 Å². The second-order valence-electron chi connectivity index (χ2n) is 5.96. The first-order valence-electron chi connectivity index (χ1n) is 7.87. The Morgan fingerprint density at radius 2 is 2.13 bits per heavy atom. The van der Waals surface area contributed by atoms with E-state index in [4.69, 9.17) is 10.5 Å². The molecule has 1 saturated heterocycles. The molecule has 2 N–H and O–H groups in total. The fourth-order valence-electron chi connectivity index (χ4n) is 2.97. The molecular formula is C17H26ClFN2O2. The number of amides is 1. The van der Waals surface area contributed by atoms with E-state index in [1.165, 1.54) is 6.07 Å². The molecule has 1 aromatic carbocycles. The summed E-state index contributed by atoms with van der Waals surface area (Å²) >= 11 is 0. The van der Waals surface area contributed by atoms with Gasteiger partial charge in [-0.2, -0.15) is 0 Å². The van der Waals surface area contributed by atoms with Crippen LogP contribution in [0.2, 0.25) is 0 Å². The number of carbonyl (C=O) groups excluding carboxylic acids is 1. The first-order chi connectivity index (χ1) is 10.6. The number of ether oxygens (including phenoxy) is 1. The van der Waals surface area contributed by atoms with Crippen molar-refractivity contribution in [2.45, 2.75) is 31.8 Å². The van der Waals surface area contributed by atoms with Crippen LogP contribution in [-0.4, -0.2) is 43.7 Å². The minimum absolute atomic E-state index is 0. The summed E-state index contributed by atoms with van der Waals surface area (Å²) in [5, 5.41) is 0. The van der Waals surface area contributed by atoms with Gasteiger partial charge in [0.05, 0.1) is 12.5 Å². The molecule has 0 spiro atoms. The number of benzene rings is 1. The maximum atomic E-state index is 13.2. The average Bonchev–Trinajstić information content (AvgIpc) is 2.53. The Balaban J connectivity index is 0.00000264. The molecule has 0 bridgehead atoms. The summed E-state index contributed by atoms with van der Waals surface area (Å²) in [6.07, 6.45) is 2.95. The summed E-state index contributed by atoms with van der Waals surface area (Å²) in [4.78, 5) is 14.1. The number of rotatable bonds is 6. The Hall–Kier alpha value is -1.17. The Labute approximate surface area is 143 Å². The maximum Gasteiger partial charge on any atom is 0.225 e. The van der Waals surface area contributed by atoms with Crippen molar-refractivity contribution < 1.29 is 13.9 Å². The lowest BCUT2D eigenvalue weighted by atomic mass is 9.90. The molecule has 1 amide bonds. The highest BCUT2D eigenvalue weighted by atomic mass is 35.5. The summed E-state index contributed by atoms with van der Waals surface area (Å²) in [5.41, 5.74) is 6.59. The van der Waals surface area contributed by atoms with Crippen LogP contribution in [0.15, 0.2) is 24.3 Å². The molecule has 2 rings (SSSR count). The van der Waals surface area contributed by atoms with Crippen LogP contribution >= 0.6 is 12.4 Å². The van der Waals surface area contributed by atoms with Crippen molar-refractivity contribution >= 4 is 18.3 Å². The van der Waals surface area contributed by atoms with Crippen molar-refractivity contribution in [3.63, 3.8) is 0 Å². The first-order valence-corrected chi connectivity index (χ1v) is 7.87. The van der Waals surface area contributed by atoms with E-state index in [9.17, 15) is 9.18 Å². The highest BCUT2D eigenvalue weighted by Crippen LogP contribution is 2.22. The van der Waals surface area contributed by atoms with E-state index in [2.05, 4.69) is 0 Å². The Morgan fingerprint density at radius 1 is 1.43 bits per heavy atom. The molecule has 1 aliphatic rings. The quantitative estimate of drug-likeness (QED) is 0.862. The average molecular weight is 345 g/mol. The SMILES string of the molecule is COC(CN)CC(=O)N1CCC(Cc2cccc(F)c2)CC1.Cl. The van der Waals surface area contributed by atoms with Crippen LogP contribution in [-0.2, 0) is 16.0 Å². The molecule has 130 valence electrons.